The maximum absolute atomic E-state index is 12.3. The summed E-state index contributed by atoms with van der Waals surface area (Å²) in [5.74, 6) is -0.799. The number of rotatable bonds is 13. The van der Waals surface area contributed by atoms with Crippen LogP contribution in [0.25, 0.3) is 0 Å². The van der Waals surface area contributed by atoms with E-state index in [9.17, 15) is 42.8 Å². The quantitative estimate of drug-likeness (QED) is 0.179. The fraction of sp³-hybridized carbons (Fsp3) is 0.706. The van der Waals surface area contributed by atoms with Crippen molar-refractivity contribution in [2.24, 2.45) is 0 Å². The standard InChI is InChI=1S/C17H29N2O16P3/c1-9(2)30-14-12(8-29-36(23,24)34-38(27,28)35-37(25,26)33-10(3)4)32-16(15(14)31-11(5)20)19-7-6-13(21)18-17(19)22/h6-7,9-10,12,14-16H,8H2,1-5H3,(H,23,24)(H,25,26)(H,27,28)(H,18,21,22)/t12-,14?,15+,16-/m1/s1. The fourth-order valence-corrected chi connectivity index (χ4v) is 6.93. The van der Waals surface area contributed by atoms with Crippen molar-refractivity contribution in [1.82, 2.24) is 9.55 Å². The number of ether oxygens (including phenoxy) is 3. The van der Waals surface area contributed by atoms with E-state index in [0.29, 0.717) is 0 Å². The molecule has 0 aromatic carbocycles. The van der Waals surface area contributed by atoms with E-state index in [1.807, 2.05) is 4.98 Å². The predicted molar refractivity (Wildman–Crippen MR) is 125 cm³/mol. The molecule has 2 heterocycles. The summed E-state index contributed by atoms with van der Waals surface area (Å²) in [5, 5.41) is 0. The number of aromatic amines is 1. The van der Waals surface area contributed by atoms with Crippen LogP contribution >= 0.6 is 23.5 Å². The number of carbonyl (C=O) groups is 1. The van der Waals surface area contributed by atoms with Crippen molar-refractivity contribution in [3.8, 4) is 0 Å². The van der Waals surface area contributed by atoms with Gasteiger partial charge in [-0.05, 0) is 27.7 Å². The number of phosphoric ester groups is 2. The molecule has 0 amide bonds. The van der Waals surface area contributed by atoms with Gasteiger partial charge in [-0.15, -0.1) is 0 Å². The van der Waals surface area contributed by atoms with Crippen molar-refractivity contribution < 1.29 is 65.0 Å². The summed E-state index contributed by atoms with van der Waals surface area (Å²) < 4.78 is 70.8. The predicted octanol–water partition coefficient (Wildman–Crippen LogP) is 0.935. The zero-order valence-electron chi connectivity index (χ0n) is 20.8. The number of phosphoric acid groups is 3. The molecule has 218 valence electrons. The van der Waals surface area contributed by atoms with Gasteiger partial charge in [-0.3, -0.25) is 28.2 Å². The highest BCUT2D eigenvalue weighted by molar-refractivity contribution is 7.66. The molecule has 7 atom stereocenters. The minimum absolute atomic E-state index is 0.530. The lowest BCUT2D eigenvalue weighted by Crippen LogP contribution is -2.42. The third kappa shape index (κ3) is 9.90. The highest BCUT2D eigenvalue weighted by Crippen LogP contribution is 2.68. The van der Waals surface area contributed by atoms with Gasteiger partial charge in [-0.2, -0.15) is 8.62 Å². The number of esters is 1. The van der Waals surface area contributed by atoms with Gasteiger partial charge in [0.1, 0.15) is 12.2 Å². The van der Waals surface area contributed by atoms with Crippen LogP contribution < -0.4 is 11.2 Å². The molecule has 1 fully saturated rings. The molecule has 0 bridgehead atoms. The largest absolute Gasteiger partial charge is 0.490 e. The maximum Gasteiger partial charge on any atom is 0.490 e. The molecule has 2 rings (SSSR count). The van der Waals surface area contributed by atoms with E-state index < -0.39 is 84.0 Å². The van der Waals surface area contributed by atoms with Crippen LogP contribution in [0.5, 0.6) is 0 Å². The zero-order valence-corrected chi connectivity index (χ0v) is 23.4. The SMILES string of the molecule is CC(=O)O[C@H]1C(OC(C)C)[C@@H](COP(=O)(O)OP(=O)(O)OP(=O)(O)OC(C)C)O[C@H]1n1ccc(=O)[nH]c1=O. The molecule has 4 N–H and O–H groups in total. The van der Waals surface area contributed by atoms with Gasteiger partial charge in [0, 0.05) is 19.2 Å². The Morgan fingerprint density at radius 2 is 1.63 bits per heavy atom. The zero-order chi connectivity index (χ0) is 29.1. The molecule has 21 heteroatoms. The molecular formula is C17H29N2O16P3. The molecular weight excluding hydrogens is 581 g/mol. The lowest BCUT2D eigenvalue weighted by molar-refractivity contribution is -0.159. The highest BCUT2D eigenvalue weighted by atomic mass is 31.3. The number of nitrogens with zero attached hydrogens (tertiary/aromatic N) is 1. The summed E-state index contributed by atoms with van der Waals surface area (Å²) in [5.41, 5.74) is -1.65. The second-order valence-electron chi connectivity index (χ2n) is 8.32. The summed E-state index contributed by atoms with van der Waals surface area (Å²) in [4.78, 5) is 66.6. The van der Waals surface area contributed by atoms with Gasteiger partial charge in [-0.25, -0.2) is 18.5 Å². The third-order valence-corrected chi connectivity index (χ3v) is 8.77. The molecule has 38 heavy (non-hydrogen) atoms. The Bertz CT molecular complexity index is 1240. The summed E-state index contributed by atoms with van der Waals surface area (Å²) in [6.45, 7) is 5.99. The van der Waals surface area contributed by atoms with Crippen LogP contribution in [0.2, 0.25) is 0 Å². The van der Waals surface area contributed by atoms with Crippen molar-refractivity contribution >= 4 is 29.4 Å². The molecule has 1 aromatic rings. The molecule has 1 aliphatic rings. The first-order valence-corrected chi connectivity index (χ1v) is 15.3. The second kappa shape index (κ2) is 12.8. The molecule has 1 aliphatic heterocycles. The number of hydrogen-bond donors (Lipinski definition) is 4. The summed E-state index contributed by atoms with van der Waals surface area (Å²) in [6.07, 6.45) is -5.71. The van der Waals surface area contributed by atoms with Crippen LogP contribution in [0.1, 0.15) is 40.8 Å². The van der Waals surface area contributed by atoms with E-state index >= 15 is 0 Å². The van der Waals surface area contributed by atoms with Crippen LogP contribution in [0, 0.1) is 0 Å². The first-order chi connectivity index (χ1) is 17.3. The first kappa shape index (κ1) is 32.7. The molecule has 1 saturated heterocycles. The van der Waals surface area contributed by atoms with Crippen LogP contribution in [0.3, 0.4) is 0 Å². The van der Waals surface area contributed by atoms with Gasteiger partial charge in [0.15, 0.2) is 12.3 Å². The first-order valence-electron chi connectivity index (χ1n) is 10.8. The summed E-state index contributed by atoms with van der Waals surface area (Å²) >= 11 is 0. The van der Waals surface area contributed by atoms with Crippen molar-refractivity contribution in [2.75, 3.05) is 6.61 Å². The van der Waals surface area contributed by atoms with Crippen LogP contribution in [0.15, 0.2) is 21.9 Å². The van der Waals surface area contributed by atoms with E-state index in [-0.39, 0.29) is 0 Å². The van der Waals surface area contributed by atoms with E-state index in [2.05, 4.69) is 13.1 Å². The van der Waals surface area contributed by atoms with Crippen molar-refractivity contribution in [1.29, 1.82) is 0 Å². The van der Waals surface area contributed by atoms with Crippen LogP contribution in [-0.2, 0) is 50.4 Å². The Morgan fingerprint density at radius 3 is 2.16 bits per heavy atom. The second-order valence-corrected chi connectivity index (χ2v) is 12.9. The van der Waals surface area contributed by atoms with Gasteiger partial charge in [0.25, 0.3) is 5.56 Å². The number of aromatic nitrogens is 2. The lowest BCUT2D eigenvalue weighted by Gasteiger charge is -2.26. The average molecular weight is 610 g/mol. The van der Waals surface area contributed by atoms with E-state index in [1.165, 1.54) is 13.8 Å². The molecule has 0 aliphatic carbocycles. The van der Waals surface area contributed by atoms with Crippen molar-refractivity contribution in [3.63, 3.8) is 0 Å². The number of carbonyl (C=O) groups excluding carboxylic acids is 1. The Balaban J connectivity index is 2.27. The van der Waals surface area contributed by atoms with E-state index in [1.54, 1.807) is 13.8 Å². The Morgan fingerprint density at radius 1 is 1.03 bits per heavy atom. The molecule has 4 unspecified atom stereocenters. The van der Waals surface area contributed by atoms with Gasteiger partial charge in [-0.1, -0.05) is 0 Å². The van der Waals surface area contributed by atoms with Crippen molar-refractivity contribution in [2.45, 2.75) is 71.4 Å². The molecule has 0 radical (unpaired) electrons. The van der Waals surface area contributed by atoms with Gasteiger partial charge < -0.3 is 28.9 Å². The lowest BCUT2D eigenvalue weighted by atomic mass is 10.1. The Labute approximate surface area is 215 Å². The monoisotopic (exact) mass is 610 g/mol. The van der Waals surface area contributed by atoms with Crippen molar-refractivity contribution in [3.05, 3.63) is 33.1 Å². The number of hydrogen-bond acceptors (Lipinski definition) is 13. The maximum atomic E-state index is 12.3. The highest BCUT2D eigenvalue weighted by Gasteiger charge is 2.51. The topological polar surface area (TPSA) is 248 Å². The smallest absolute Gasteiger partial charge is 0.455 e. The summed E-state index contributed by atoms with van der Waals surface area (Å²) in [6, 6.07) is 0.995. The fourth-order valence-electron chi connectivity index (χ4n) is 3.24. The Hall–Kier alpha value is -1.52. The molecule has 1 aromatic heterocycles. The van der Waals surface area contributed by atoms with Crippen LogP contribution in [0.4, 0.5) is 0 Å². The minimum atomic E-state index is -5.69. The Kier molecular flexibility index (Phi) is 11.0. The average Bonchev–Trinajstić information content (AvgIpc) is 2.99. The number of nitrogens with one attached hydrogen (secondary N) is 1. The van der Waals surface area contributed by atoms with Gasteiger partial charge in [0.05, 0.1) is 18.8 Å². The third-order valence-electron chi connectivity index (χ3n) is 4.30. The van der Waals surface area contributed by atoms with E-state index in [0.717, 1.165) is 23.8 Å². The van der Waals surface area contributed by atoms with Gasteiger partial charge in [0.2, 0.25) is 0 Å². The van der Waals surface area contributed by atoms with Crippen LogP contribution in [-0.4, -0.2) is 67.3 Å². The van der Waals surface area contributed by atoms with Gasteiger partial charge >= 0.3 is 35.1 Å². The number of H-pyrrole nitrogens is 1. The minimum Gasteiger partial charge on any atom is -0.455 e. The normalized spacial score (nSPS) is 26.6. The molecule has 0 saturated carbocycles. The molecule has 0 spiro atoms. The summed E-state index contributed by atoms with van der Waals surface area (Å²) in [7, 11) is -16.3. The molecule has 18 nitrogen and oxygen atoms in total. The van der Waals surface area contributed by atoms with E-state index in [4.69, 9.17) is 18.7 Å².